The molecule has 1 unspecified atom stereocenters. The Bertz CT molecular complexity index is 1030. The molecule has 6 heteroatoms. The van der Waals surface area contributed by atoms with Gasteiger partial charge >= 0.3 is 0 Å². The van der Waals surface area contributed by atoms with Gasteiger partial charge in [0.2, 0.25) is 0 Å². The van der Waals surface area contributed by atoms with E-state index in [1.807, 2.05) is 42.5 Å². The first-order valence-corrected chi connectivity index (χ1v) is 10.4. The number of rotatable bonds is 6. The molecule has 146 valence electrons. The summed E-state index contributed by atoms with van der Waals surface area (Å²) in [6, 6.07) is 15.4. The van der Waals surface area contributed by atoms with E-state index in [2.05, 4.69) is 15.6 Å². The monoisotopic (exact) mass is 415 g/mol. The summed E-state index contributed by atoms with van der Waals surface area (Å²) in [6.07, 6.45) is 3.53. The van der Waals surface area contributed by atoms with Gasteiger partial charge in [0.05, 0.1) is 15.6 Å². The van der Waals surface area contributed by atoms with Gasteiger partial charge in [-0.2, -0.15) is 0 Å². The lowest BCUT2D eigenvalue weighted by Crippen LogP contribution is -2.35. The van der Waals surface area contributed by atoms with Gasteiger partial charge in [0, 0.05) is 30.6 Å². The van der Waals surface area contributed by atoms with E-state index in [-0.39, 0.29) is 5.43 Å². The van der Waals surface area contributed by atoms with Gasteiger partial charge in [0.25, 0.3) is 0 Å². The molecule has 1 fully saturated rings. The van der Waals surface area contributed by atoms with Crippen molar-refractivity contribution >= 4 is 39.9 Å². The zero-order chi connectivity index (χ0) is 19.5. The number of halogens is 2. The van der Waals surface area contributed by atoms with E-state index in [9.17, 15) is 4.79 Å². The Balaban J connectivity index is 1.37. The second-order valence-corrected chi connectivity index (χ2v) is 8.21. The van der Waals surface area contributed by atoms with Gasteiger partial charge < -0.3 is 15.6 Å². The first-order chi connectivity index (χ1) is 13.6. The van der Waals surface area contributed by atoms with Crippen LogP contribution in [0.3, 0.4) is 0 Å². The third-order valence-electron chi connectivity index (χ3n) is 5.50. The molecule has 0 amide bonds. The van der Waals surface area contributed by atoms with Crippen LogP contribution >= 0.6 is 23.2 Å². The van der Waals surface area contributed by atoms with E-state index < -0.39 is 0 Å². The molecule has 2 atom stereocenters. The quantitative estimate of drug-likeness (QED) is 0.517. The molecule has 0 spiro atoms. The third kappa shape index (κ3) is 4.35. The van der Waals surface area contributed by atoms with E-state index in [1.165, 1.54) is 12.8 Å². The lowest BCUT2D eigenvalue weighted by Gasteiger charge is -2.22. The molecule has 1 aliphatic carbocycles. The van der Waals surface area contributed by atoms with Crippen LogP contribution in [0, 0.1) is 5.92 Å². The van der Waals surface area contributed by atoms with Gasteiger partial charge in [-0.05, 0) is 48.6 Å². The van der Waals surface area contributed by atoms with E-state index in [1.54, 1.807) is 6.07 Å². The van der Waals surface area contributed by atoms with E-state index >= 15 is 0 Å². The van der Waals surface area contributed by atoms with Gasteiger partial charge in [-0.15, -0.1) is 0 Å². The van der Waals surface area contributed by atoms with Crippen LogP contribution in [0.25, 0.3) is 10.9 Å². The van der Waals surface area contributed by atoms with Crippen molar-refractivity contribution in [1.82, 2.24) is 10.3 Å². The zero-order valence-corrected chi connectivity index (χ0v) is 17.0. The predicted octanol–water partition coefficient (Wildman–Crippen LogP) is 5.21. The lowest BCUT2D eigenvalue weighted by molar-refractivity contribution is 0.413. The minimum atomic E-state index is 0.0394. The molecule has 4 rings (SSSR count). The topological polar surface area (TPSA) is 56.9 Å². The normalized spacial score (nSPS) is 19.2. The number of aromatic amines is 1. The van der Waals surface area contributed by atoms with Crippen LogP contribution in [0.15, 0.2) is 53.3 Å². The number of nitrogens with one attached hydrogen (secondary N) is 3. The molecule has 1 aromatic heterocycles. The average Bonchev–Trinajstić information content (AvgIpc) is 3.15. The highest BCUT2D eigenvalue weighted by Gasteiger charge is 2.26. The smallest absolute Gasteiger partial charge is 0.191 e. The van der Waals surface area contributed by atoms with Crippen molar-refractivity contribution in [3.05, 3.63) is 74.4 Å². The van der Waals surface area contributed by atoms with Gasteiger partial charge in [-0.25, -0.2) is 0 Å². The van der Waals surface area contributed by atoms with Crippen LogP contribution in [0.1, 0.15) is 24.8 Å². The molecule has 0 radical (unpaired) electrons. The molecular weight excluding hydrogens is 393 g/mol. The van der Waals surface area contributed by atoms with Crippen molar-refractivity contribution < 1.29 is 0 Å². The molecule has 0 saturated heterocycles. The number of hydrogen-bond donors (Lipinski definition) is 3. The van der Waals surface area contributed by atoms with Crippen LogP contribution < -0.4 is 16.1 Å². The summed E-state index contributed by atoms with van der Waals surface area (Å²) in [5.41, 5.74) is 2.03. The van der Waals surface area contributed by atoms with Gasteiger partial charge in [0.1, 0.15) is 5.82 Å². The molecule has 2 aromatic carbocycles. The SMILES string of the molecule is O=c1cc(NCC2CCC[C@@H]2NCc2ccc(Cl)c(Cl)c2)[nH]c2ccccc12. The number of benzene rings is 2. The Kier molecular flexibility index (Phi) is 5.90. The predicted molar refractivity (Wildman–Crippen MR) is 117 cm³/mol. The summed E-state index contributed by atoms with van der Waals surface area (Å²) in [5.74, 6) is 1.29. The Labute approximate surface area is 174 Å². The minimum Gasteiger partial charge on any atom is -0.371 e. The second kappa shape index (κ2) is 8.56. The van der Waals surface area contributed by atoms with Crippen molar-refractivity contribution in [3.8, 4) is 0 Å². The van der Waals surface area contributed by atoms with Crippen molar-refractivity contribution in [2.75, 3.05) is 11.9 Å². The summed E-state index contributed by atoms with van der Waals surface area (Å²) >= 11 is 12.1. The summed E-state index contributed by atoms with van der Waals surface area (Å²) in [4.78, 5) is 15.6. The number of hydrogen-bond acceptors (Lipinski definition) is 3. The fraction of sp³-hybridized carbons (Fsp3) is 0.318. The lowest BCUT2D eigenvalue weighted by atomic mass is 10.0. The highest BCUT2D eigenvalue weighted by atomic mass is 35.5. The molecule has 1 saturated carbocycles. The maximum absolute atomic E-state index is 12.3. The molecule has 0 aliphatic heterocycles. The Hall–Kier alpha value is -2.01. The first-order valence-electron chi connectivity index (χ1n) is 9.63. The molecular formula is C22H23Cl2N3O. The van der Waals surface area contributed by atoms with E-state index in [0.29, 0.717) is 22.0 Å². The highest BCUT2D eigenvalue weighted by Crippen LogP contribution is 2.27. The highest BCUT2D eigenvalue weighted by molar-refractivity contribution is 6.42. The number of aromatic nitrogens is 1. The maximum atomic E-state index is 12.3. The van der Waals surface area contributed by atoms with E-state index in [0.717, 1.165) is 41.8 Å². The zero-order valence-electron chi connectivity index (χ0n) is 15.5. The summed E-state index contributed by atoms with van der Waals surface area (Å²) < 4.78 is 0. The Morgan fingerprint density at radius 2 is 1.89 bits per heavy atom. The number of pyridine rings is 1. The standard InChI is InChI=1S/C22H23Cl2N3O/c23-17-9-8-14(10-18(17)24)12-25-19-7-3-4-15(19)13-26-22-11-21(28)16-5-1-2-6-20(16)27-22/h1-2,5-6,8-11,15,19,25H,3-4,7,12-13H2,(H2,26,27,28)/t15?,19-/m0/s1. The average molecular weight is 416 g/mol. The summed E-state index contributed by atoms with van der Waals surface area (Å²) in [7, 11) is 0. The molecule has 1 aliphatic rings. The largest absolute Gasteiger partial charge is 0.371 e. The third-order valence-corrected chi connectivity index (χ3v) is 6.24. The summed E-state index contributed by atoms with van der Waals surface area (Å²) in [5, 5.41) is 8.98. The molecule has 0 bridgehead atoms. The van der Waals surface area contributed by atoms with Crippen molar-refractivity contribution in [1.29, 1.82) is 0 Å². The Morgan fingerprint density at radius 3 is 2.75 bits per heavy atom. The number of H-pyrrole nitrogens is 1. The fourth-order valence-electron chi connectivity index (χ4n) is 3.98. The second-order valence-electron chi connectivity index (χ2n) is 7.40. The van der Waals surface area contributed by atoms with Crippen LogP contribution in [-0.2, 0) is 6.54 Å². The molecule has 3 aromatic rings. The van der Waals surface area contributed by atoms with Crippen molar-refractivity contribution in [2.24, 2.45) is 5.92 Å². The fourth-order valence-corrected chi connectivity index (χ4v) is 4.30. The van der Waals surface area contributed by atoms with Gasteiger partial charge in [-0.3, -0.25) is 4.79 Å². The van der Waals surface area contributed by atoms with Gasteiger partial charge in [0.15, 0.2) is 5.43 Å². The van der Waals surface area contributed by atoms with Crippen LogP contribution in [0.2, 0.25) is 10.0 Å². The Morgan fingerprint density at radius 1 is 1.04 bits per heavy atom. The van der Waals surface area contributed by atoms with E-state index in [4.69, 9.17) is 23.2 Å². The number of para-hydroxylation sites is 1. The van der Waals surface area contributed by atoms with Crippen molar-refractivity contribution in [3.63, 3.8) is 0 Å². The van der Waals surface area contributed by atoms with Gasteiger partial charge in [-0.1, -0.05) is 47.8 Å². The van der Waals surface area contributed by atoms with Crippen LogP contribution in [-0.4, -0.2) is 17.6 Å². The molecule has 28 heavy (non-hydrogen) atoms. The number of fused-ring (bicyclic) bond motifs is 1. The maximum Gasteiger partial charge on any atom is 0.191 e. The molecule has 1 heterocycles. The number of anilines is 1. The summed E-state index contributed by atoms with van der Waals surface area (Å²) in [6.45, 7) is 1.60. The molecule has 4 nitrogen and oxygen atoms in total. The minimum absolute atomic E-state index is 0.0394. The van der Waals surface area contributed by atoms with Crippen molar-refractivity contribution in [2.45, 2.75) is 31.8 Å². The van der Waals surface area contributed by atoms with Crippen LogP contribution in [0.4, 0.5) is 5.82 Å². The molecule has 3 N–H and O–H groups in total. The first kappa shape index (κ1) is 19.3. The van der Waals surface area contributed by atoms with Crippen LogP contribution in [0.5, 0.6) is 0 Å².